The standard InChI is InChI=1S/C28H32N2O7S/c1-5-36-27(32)24-17(3)29-22(14-15-23(31)18-10-12-20(13-11-18)30(34)35)26(28(33)37-6-2)25(24)19-8-7-9-21(16-19)38-4/h7-13,16,23-25,31H,5-6,14-15H2,1-4H3. The Morgan fingerprint density at radius 3 is 2.42 bits per heavy atom. The van der Waals surface area contributed by atoms with Crippen molar-refractivity contribution in [2.24, 2.45) is 10.9 Å². The number of non-ortho nitro benzene ring substituents is 1. The molecule has 3 rings (SSSR count). The summed E-state index contributed by atoms with van der Waals surface area (Å²) in [5.74, 6) is -2.53. The van der Waals surface area contributed by atoms with Gasteiger partial charge in [0.15, 0.2) is 0 Å². The number of carbonyl (C=O) groups is 2. The zero-order valence-electron chi connectivity index (χ0n) is 21.9. The summed E-state index contributed by atoms with van der Waals surface area (Å²) in [6.45, 7) is 5.50. The molecular weight excluding hydrogens is 508 g/mol. The minimum absolute atomic E-state index is 0.0684. The fourth-order valence-corrected chi connectivity index (χ4v) is 5.03. The van der Waals surface area contributed by atoms with Crippen molar-refractivity contribution in [3.05, 3.63) is 81.0 Å². The number of hydrogen-bond acceptors (Lipinski definition) is 9. The van der Waals surface area contributed by atoms with E-state index in [2.05, 4.69) is 4.99 Å². The number of allylic oxidation sites excluding steroid dienone is 1. The predicted octanol–water partition coefficient (Wildman–Crippen LogP) is 5.39. The van der Waals surface area contributed by atoms with Crippen molar-refractivity contribution in [2.45, 2.75) is 50.5 Å². The summed E-state index contributed by atoms with van der Waals surface area (Å²) in [6.07, 6.45) is 1.43. The summed E-state index contributed by atoms with van der Waals surface area (Å²) >= 11 is 1.55. The molecule has 0 bridgehead atoms. The van der Waals surface area contributed by atoms with Crippen molar-refractivity contribution in [3.8, 4) is 0 Å². The third-order valence-electron chi connectivity index (χ3n) is 6.35. The Hall–Kier alpha value is -3.50. The van der Waals surface area contributed by atoms with Crippen molar-refractivity contribution >= 4 is 35.1 Å². The van der Waals surface area contributed by atoms with Crippen molar-refractivity contribution in [1.29, 1.82) is 0 Å². The number of nitrogens with zero attached hydrogens (tertiary/aromatic N) is 2. The van der Waals surface area contributed by atoms with Gasteiger partial charge in [-0.15, -0.1) is 11.8 Å². The van der Waals surface area contributed by atoms with Gasteiger partial charge in [-0.25, -0.2) is 4.79 Å². The number of thioether (sulfide) groups is 1. The van der Waals surface area contributed by atoms with Gasteiger partial charge < -0.3 is 14.6 Å². The van der Waals surface area contributed by atoms with Crippen LogP contribution in [0.3, 0.4) is 0 Å². The molecule has 0 radical (unpaired) electrons. The molecule has 3 unspecified atom stereocenters. The van der Waals surface area contributed by atoms with E-state index in [-0.39, 0.29) is 37.3 Å². The van der Waals surface area contributed by atoms with Crippen molar-refractivity contribution < 1.29 is 29.1 Å². The second-order valence-electron chi connectivity index (χ2n) is 8.72. The maximum Gasteiger partial charge on any atom is 0.336 e. The number of aliphatic hydroxyl groups is 1. The first-order valence-corrected chi connectivity index (χ1v) is 13.6. The molecule has 0 aliphatic carbocycles. The Labute approximate surface area is 226 Å². The number of aliphatic imine (C=N–C) groups is 1. The van der Waals surface area contributed by atoms with Crippen LogP contribution < -0.4 is 0 Å². The number of esters is 2. The largest absolute Gasteiger partial charge is 0.465 e. The number of ether oxygens (including phenoxy) is 2. The lowest BCUT2D eigenvalue weighted by Gasteiger charge is -2.32. The van der Waals surface area contributed by atoms with Crippen LogP contribution in [0, 0.1) is 16.0 Å². The number of carbonyl (C=O) groups excluding carboxylic acids is 2. The Morgan fingerprint density at radius 1 is 1.13 bits per heavy atom. The van der Waals surface area contributed by atoms with Crippen molar-refractivity contribution in [2.75, 3.05) is 19.5 Å². The molecule has 1 aliphatic rings. The number of benzene rings is 2. The van der Waals surface area contributed by atoms with Crippen LogP contribution in [0.5, 0.6) is 0 Å². The zero-order valence-corrected chi connectivity index (χ0v) is 22.7. The molecule has 3 atom stereocenters. The maximum atomic E-state index is 13.4. The van der Waals surface area contributed by atoms with Crippen LogP contribution in [0.25, 0.3) is 0 Å². The van der Waals surface area contributed by atoms with E-state index in [9.17, 15) is 24.8 Å². The second-order valence-corrected chi connectivity index (χ2v) is 9.60. The zero-order chi connectivity index (χ0) is 27.8. The smallest absolute Gasteiger partial charge is 0.336 e. The summed E-state index contributed by atoms with van der Waals surface area (Å²) in [6, 6.07) is 13.3. The molecule has 38 heavy (non-hydrogen) atoms. The monoisotopic (exact) mass is 540 g/mol. The lowest BCUT2D eigenvalue weighted by Crippen LogP contribution is -2.37. The third-order valence-corrected chi connectivity index (χ3v) is 7.07. The fourth-order valence-electron chi connectivity index (χ4n) is 4.57. The molecule has 202 valence electrons. The number of nitro groups is 1. The summed E-state index contributed by atoms with van der Waals surface area (Å²) in [5.41, 5.74) is 2.42. The second kappa shape index (κ2) is 13.3. The molecule has 1 N–H and O–H groups in total. The van der Waals surface area contributed by atoms with E-state index in [1.165, 1.54) is 24.3 Å². The van der Waals surface area contributed by atoms with E-state index in [1.807, 2.05) is 30.5 Å². The molecule has 0 saturated carbocycles. The Balaban J connectivity index is 2.05. The van der Waals surface area contributed by atoms with Crippen molar-refractivity contribution in [1.82, 2.24) is 0 Å². The van der Waals surface area contributed by atoms with Gasteiger partial charge in [0.25, 0.3) is 5.69 Å². The van der Waals surface area contributed by atoms with Gasteiger partial charge in [0, 0.05) is 28.7 Å². The summed E-state index contributed by atoms with van der Waals surface area (Å²) < 4.78 is 10.8. The SMILES string of the molecule is CCOC(=O)C1=C(CCC(O)c2ccc([N+](=O)[O-])cc2)N=C(C)C(C(=O)OCC)C1c1cccc(SC)c1. The minimum atomic E-state index is -0.941. The van der Waals surface area contributed by atoms with Gasteiger partial charge >= 0.3 is 11.9 Å². The highest BCUT2D eigenvalue weighted by Gasteiger charge is 2.43. The molecule has 0 spiro atoms. The molecule has 0 amide bonds. The normalized spacial score (nSPS) is 18.0. The maximum absolute atomic E-state index is 13.4. The van der Waals surface area contributed by atoms with Gasteiger partial charge in [0.1, 0.15) is 5.92 Å². The first-order chi connectivity index (χ1) is 18.2. The van der Waals surface area contributed by atoms with Crippen LogP contribution in [0.4, 0.5) is 5.69 Å². The lowest BCUT2D eigenvalue weighted by atomic mass is 9.75. The van der Waals surface area contributed by atoms with E-state index in [1.54, 1.807) is 32.5 Å². The van der Waals surface area contributed by atoms with Crippen LogP contribution in [0.2, 0.25) is 0 Å². The predicted molar refractivity (Wildman–Crippen MR) is 145 cm³/mol. The molecule has 10 heteroatoms. The Morgan fingerprint density at radius 2 is 1.82 bits per heavy atom. The van der Waals surface area contributed by atoms with E-state index in [0.717, 1.165) is 10.5 Å². The van der Waals surface area contributed by atoms with Crippen LogP contribution in [-0.2, 0) is 19.1 Å². The summed E-state index contributed by atoms with van der Waals surface area (Å²) in [4.78, 5) is 42.6. The molecule has 1 heterocycles. The lowest BCUT2D eigenvalue weighted by molar-refractivity contribution is -0.384. The van der Waals surface area contributed by atoms with Crippen LogP contribution >= 0.6 is 11.8 Å². The van der Waals surface area contributed by atoms with E-state index < -0.39 is 34.8 Å². The van der Waals surface area contributed by atoms with Crippen LogP contribution in [0.15, 0.2) is 69.7 Å². The van der Waals surface area contributed by atoms with Gasteiger partial charge in [-0.05, 0) is 75.3 Å². The fraction of sp³-hybridized carbons (Fsp3) is 0.393. The quantitative estimate of drug-likeness (QED) is 0.174. The average Bonchev–Trinajstić information content (AvgIpc) is 2.91. The highest BCUT2D eigenvalue weighted by atomic mass is 32.2. The van der Waals surface area contributed by atoms with Crippen molar-refractivity contribution in [3.63, 3.8) is 0 Å². The van der Waals surface area contributed by atoms with E-state index in [4.69, 9.17) is 9.47 Å². The Bertz CT molecular complexity index is 1240. The molecular formula is C28H32N2O7S. The van der Waals surface area contributed by atoms with E-state index >= 15 is 0 Å². The third kappa shape index (κ3) is 6.68. The minimum Gasteiger partial charge on any atom is -0.465 e. The topological polar surface area (TPSA) is 128 Å². The molecule has 2 aromatic rings. The van der Waals surface area contributed by atoms with Crippen LogP contribution in [-0.4, -0.2) is 47.1 Å². The highest BCUT2D eigenvalue weighted by Crippen LogP contribution is 2.42. The van der Waals surface area contributed by atoms with Crippen LogP contribution in [0.1, 0.15) is 56.8 Å². The first kappa shape index (κ1) is 29.1. The molecule has 1 aliphatic heterocycles. The average molecular weight is 541 g/mol. The number of hydrogen-bond donors (Lipinski definition) is 1. The number of aliphatic hydroxyl groups excluding tert-OH is 1. The number of nitro benzene ring substituents is 1. The van der Waals surface area contributed by atoms with Gasteiger partial charge in [-0.2, -0.15) is 0 Å². The van der Waals surface area contributed by atoms with Gasteiger partial charge in [0.2, 0.25) is 0 Å². The van der Waals surface area contributed by atoms with Gasteiger partial charge in [0.05, 0.1) is 35.5 Å². The summed E-state index contributed by atoms with van der Waals surface area (Å²) in [7, 11) is 0. The molecule has 0 aromatic heterocycles. The Kier molecular flexibility index (Phi) is 10.2. The summed E-state index contributed by atoms with van der Waals surface area (Å²) in [5, 5.41) is 21.7. The molecule has 0 saturated heterocycles. The highest BCUT2D eigenvalue weighted by molar-refractivity contribution is 7.98. The van der Waals surface area contributed by atoms with E-state index in [0.29, 0.717) is 17.0 Å². The molecule has 0 fully saturated rings. The first-order valence-electron chi connectivity index (χ1n) is 12.4. The van der Waals surface area contributed by atoms with Gasteiger partial charge in [-0.1, -0.05) is 12.1 Å². The molecule has 9 nitrogen and oxygen atoms in total. The van der Waals surface area contributed by atoms with Gasteiger partial charge in [-0.3, -0.25) is 19.9 Å². The molecule has 2 aromatic carbocycles. The number of rotatable bonds is 11.